The van der Waals surface area contributed by atoms with Crippen molar-refractivity contribution in [1.29, 1.82) is 0 Å². The second kappa shape index (κ2) is 10.2. The van der Waals surface area contributed by atoms with Crippen molar-refractivity contribution in [3.8, 4) is 0 Å². The lowest BCUT2D eigenvalue weighted by atomic mass is 10.1. The fraction of sp³-hybridized carbons (Fsp3) is 0.458. The predicted molar refractivity (Wildman–Crippen MR) is 131 cm³/mol. The third-order valence-electron chi connectivity index (χ3n) is 6.32. The number of hydrogen-bond donors (Lipinski definition) is 2. The van der Waals surface area contributed by atoms with Crippen molar-refractivity contribution < 1.29 is 14.4 Å². The molecule has 2 fully saturated rings. The molecular formula is C24H31N5O3S. The van der Waals surface area contributed by atoms with Crippen molar-refractivity contribution in [2.45, 2.75) is 19.8 Å². The van der Waals surface area contributed by atoms with Crippen LogP contribution in [0, 0.1) is 6.92 Å². The maximum atomic E-state index is 13.3. The monoisotopic (exact) mass is 469 g/mol. The zero-order valence-corrected chi connectivity index (χ0v) is 20.0. The molecule has 9 heteroatoms. The van der Waals surface area contributed by atoms with Crippen molar-refractivity contribution in [2.75, 3.05) is 63.1 Å². The van der Waals surface area contributed by atoms with Crippen molar-refractivity contribution >= 4 is 39.7 Å². The first-order valence-electron chi connectivity index (χ1n) is 11.5. The van der Waals surface area contributed by atoms with Gasteiger partial charge in [-0.25, -0.2) is 0 Å². The average molecular weight is 470 g/mol. The number of carbonyl (C=O) groups excluding carboxylic acids is 3. The normalized spacial score (nSPS) is 16.3. The highest BCUT2D eigenvalue weighted by atomic mass is 32.1. The standard InChI is InChI=1S/C24H31N5O3S/c1-17-20(22(31)26-10-12-28-11-6-9-19(28)30)23(25-2)33-21(17)24(32)29-15-13-27(14-16-29)18-7-4-3-5-8-18/h3-5,7-8,25H,6,9-16H2,1-2H3,(H,26,31). The molecule has 1 aromatic heterocycles. The fourth-order valence-corrected chi connectivity index (χ4v) is 5.58. The molecule has 2 N–H and O–H groups in total. The van der Waals surface area contributed by atoms with E-state index < -0.39 is 0 Å². The number of carbonyl (C=O) groups is 3. The highest BCUT2D eigenvalue weighted by Gasteiger charge is 2.29. The summed E-state index contributed by atoms with van der Waals surface area (Å²) in [7, 11) is 1.76. The predicted octanol–water partition coefficient (Wildman–Crippen LogP) is 2.41. The summed E-state index contributed by atoms with van der Waals surface area (Å²) in [4.78, 5) is 44.5. The van der Waals surface area contributed by atoms with Crippen LogP contribution in [0.2, 0.25) is 0 Å². The summed E-state index contributed by atoms with van der Waals surface area (Å²) in [6.07, 6.45) is 1.47. The van der Waals surface area contributed by atoms with E-state index in [9.17, 15) is 14.4 Å². The lowest BCUT2D eigenvalue weighted by molar-refractivity contribution is -0.127. The maximum absolute atomic E-state index is 13.3. The lowest BCUT2D eigenvalue weighted by Gasteiger charge is -2.36. The minimum atomic E-state index is -0.215. The van der Waals surface area contributed by atoms with Crippen molar-refractivity contribution in [3.05, 3.63) is 46.3 Å². The van der Waals surface area contributed by atoms with Crippen LogP contribution < -0.4 is 15.5 Å². The molecule has 2 aromatic rings. The Morgan fingerprint density at radius 2 is 1.79 bits per heavy atom. The van der Waals surface area contributed by atoms with Gasteiger partial charge in [-0.15, -0.1) is 11.3 Å². The minimum Gasteiger partial charge on any atom is -0.379 e. The molecule has 0 aliphatic carbocycles. The molecule has 0 radical (unpaired) electrons. The summed E-state index contributed by atoms with van der Waals surface area (Å²) in [5, 5.41) is 6.69. The van der Waals surface area contributed by atoms with Crippen LogP contribution in [0.4, 0.5) is 10.7 Å². The van der Waals surface area contributed by atoms with E-state index in [-0.39, 0.29) is 17.7 Å². The summed E-state index contributed by atoms with van der Waals surface area (Å²) >= 11 is 1.33. The Balaban J connectivity index is 1.39. The van der Waals surface area contributed by atoms with E-state index in [1.807, 2.05) is 30.0 Å². The average Bonchev–Trinajstić information content (AvgIpc) is 3.41. The number of rotatable bonds is 7. The molecule has 3 heterocycles. The van der Waals surface area contributed by atoms with Crippen LogP contribution >= 0.6 is 11.3 Å². The number of nitrogens with zero attached hydrogens (tertiary/aromatic N) is 3. The van der Waals surface area contributed by atoms with Gasteiger partial charge in [0.15, 0.2) is 0 Å². The number of hydrogen-bond acceptors (Lipinski definition) is 6. The molecule has 0 atom stereocenters. The van der Waals surface area contributed by atoms with Gasteiger partial charge in [-0.2, -0.15) is 0 Å². The number of piperazine rings is 1. The smallest absolute Gasteiger partial charge is 0.264 e. The zero-order valence-electron chi connectivity index (χ0n) is 19.2. The topological polar surface area (TPSA) is 85.0 Å². The molecule has 2 aliphatic rings. The lowest BCUT2D eigenvalue weighted by Crippen LogP contribution is -2.48. The molecule has 3 amide bonds. The Morgan fingerprint density at radius 1 is 1.06 bits per heavy atom. The van der Waals surface area contributed by atoms with Crippen LogP contribution in [0.25, 0.3) is 0 Å². The van der Waals surface area contributed by atoms with Gasteiger partial charge in [0.1, 0.15) is 5.00 Å². The van der Waals surface area contributed by atoms with Crippen LogP contribution in [0.15, 0.2) is 30.3 Å². The van der Waals surface area contributed by atoms with Gasteiger partial charge in [0.05, 0.1) is 10.4 Å². The third-order valence-corrected chi connectivity index (χ3v) is 7.62. The van der Waals surface area contributed by atoms with Gasteiger partial charge >= 0.3 is 0 Å². The Hall–Kier alpha value is -3.07. The first-order valence-corrected chi connectivity index (χ1v) is 12.3. The quantitative estimate of drug-likeness (QED) is 0.651. The Kier molecular flexibility index (Phi) is 7.17. The summed E-state index contributed by atoms with van der Waals surface area (Å²) in [5.41, 5.74) is 2.39. The number of nitrogens with one attached hydrogen (secondary N) is 2. The van der Waals surface area contributed by atoms with E-state index in [1.165, 1.54) is 17.0 Å². The van der Waals surface area contributed by atoms with E-state index in [4.69, 9.17) is 0 Å². The van der Waals surface area contributed by atoms with Crippen LogP contribution in [0.3, 0.4) is 0 Å². The number of amides is 3. The van der Waals surface area contributed by atoms with Crippen molar-refractivity contribution in [2.24, 2.45) is 0 Å². The van der Waals surface area contributed by atoms with Gasteiger partial charge in [-0.05, 0) is 31.0 Å². The second-order valence-corrected chi connectivity index (χ2v) is 9.39. The first-order chi connectivity index (χ1) is 16.0. The van der Waals surface area contributed by atoms with Crippen LogP contribution in [-0.2, 0) is 4.79 Å². The molecule has 2 saturated heterocycles. The van der Waals surface area contributed by atoms with E-state index >= 15 is 0 Å². The van der Waals surface area contributed by atoms with Gasteiger partial charge in [-0.1, -0.05) is 18.2 Å². The van der Waals surface area contributed by atoms with E-state index in [2.05, 4.69) is 27.7 Å². The molecule has 33 heavy (non-hydrogen) atoms. The van der Waals surface area contributed by atoms with Crippen LogP contribution in [0.5, 0.6) is 0 Å². The van der Waals surface area contributed by atoms with E-state index in [0.717, 1.165) is 26.1 Å². The molecule has 8 nitrogen and oxygen atoms in total. The molecule has 2 aliphatic heterocycles. The van der Waals surface area contributed by atoms with Crippen LogP contribution in [0.1, 0.15) is 38.4 Å². The number of thiophene rings is 1. The minimum absolute atomic E-state index is 0.0246. The molecule has 176 valence electrons. The van der Waals surface area contributed by atoms with E-state index in [1.54, 1.807) is 11.9 Å². The van der Waals surface area contributed by atoms with Gasteiger partial charge in [0.2, 0.25) is 5.91 Å². The van der Waals surface area contributed by atoms with Crippen LogP contribution in [-0.4, -0.2) is 80.4 Å². The summed E-state index contributed by atoms with van der Waals surface area (Å²) in [6.45, 7) is 6.35. The number of likely N-dealkylation sites (tertiary alicyclic amines) is 1. The molecule has 1 aromatic carbocycles. The van der Waals surface area contributed by atoms with E-state index in [0.29, 0.717) is 53.6 Å². The number of para-hydroxylation sites is 1. The Morgan fingerprint density at radius 3 is 2.42 bits per heavy atom. The summed E-state index contributed by atoms with van der Waals surface area (Å²) < 4.78 is 0. The molecule has 0 unspecified atom stereocenters. The van der Waals surface area contributed by atoms with Gasteiger partial charge in [0.25, 0.3) is 11.8 Å². The number of anilines is 2. The Bertz CT molecular complexity index is 1010. The molecule has 0 bridgehead atoms. The van der Waals surface area contributed by atoms with Gasteiger partial charge < -0.3 is 25.3 Å². The summed E-state index contributed by atoms with van der Waals surface area (Å²) in [5.74, 6) is -0.0942. The number of benzene rings is 1. The van der Waals surface area contributed by atoms with Crippen molar-refractivity contribution in [1.82, 2.24) is 15.1 Å². The Labute approximate surface area is 198 Å². The van der Waals surface area contributed by atoms with Gasteiger partial charge in [0, 0.05) is 65.0 Å². The highest BCUT2D eigenvalue weighted by Crippen LogP contribution is 2.34. The van der Waals surface area contributed by atoms with Gasteiger partial charge in [-0.3, -0.25) is 14.4 Å². The molecule has 4 rings (SSSR count). The third kappa shape index (κ3) is 4.98. The zero-order chi connectivity index (χ0) is 23.4. The molecule has 0 spiro atoms. The fourth-order valence-electron chi connectivity index (χ4n) is 4.45. The summed E-state index contributed by atoms with van der Waals surface area (Å²) in [6, 6.07) is 10.2. The van der Waals surface area contributed by atoms with Crippen molar-refractivity contribution in [3.63, 3.8) is 0 Å². The highest BCUT2D eigenvalue weighted by molar-refractivity contribution is 7.18. The molecule has 0 saturated carbocycles. The molecular weight excluding hydrogens is 438 g/mol. The second-order valence-electron chi connectivity index (χ2n) is 8.37. The maximum Gasteiger partial charge on any atom is 0.264 e. The largest absolute Gasteiger partial charge is 0.379 e. The first kappa shape index (κ1) is 23.1. The SMILES string of the molecule is CNc1sc(C(=O)N2CCN(c3ccccc3)CC2)c(C)c1C(=O)NCCN1CCCC1=O.